The van der Waals surface area contributed by atoms with E-state index in [1.54, 1.807) is 0 Å². The van der Waals surface area contributed by atoms with Crippen molar-refractivity contribution in [2.45, 2.75) is 72.1 Å². The van der Waals surface area contributed by atoms with Gasteiger partial charge in [0.05, 0.1) is 0 Å². The largest absolute Gasteiger partial charge is 0.295 e. The highest BCUT2D eigenvalue weighted by Gasteiger charge is 1.99. The van der Waals surface area contributed by atoms with Crippen molar-refractivity contribution in [1.82, 2.24) is 0 Å². The summed E-state index contributed by atoms with van der Waals surface area (Å²) >= 11 is 0. The average Bonchev–Trinajstić information content (AvgIpc) is 2.25. The molecule has 0 radical (unpaired) electrons. The van der Waals surface area contributed by atoms with Gasteiger partial charge in [0.1, 0.15) is 0 Å². The normalized spacial score (nSPS) is 10.1. The van der Waals surface area contributed by atoms with Crippen molar-refractivity contribution in [3.63, 3.8) is 0 Å². The third-order valence-electron chi connectivity index (χ3n) is 2.80. The van der Waals surface area contributed by atoms with Gasteiger partial charge in [-0.1, -0.05) is 52.0 Å². The van der Waals surface area contributed by atoms with Gasteiger partial charge in [0.25, 0.3) is 0 Å². The molecular formula is C14H26O. The predicted molar refractivity (Wildman–Crippen MR) is 67.0 cm³/mol. The van der Waals surface area contributed by atoms with E-state index in [0.717, 1.165) is 25.7 Å². The summed E-state index contributed by atoms with van der Waals surface area (Å²) in [6.45, 7) is 6.44. The van der Waals surface area contributed by atoms with Crippen molar-refractivity contribution < 1.29 is 4.79 Å². The molecule has 0 aliphatic carbocycles. The van der Waals surface area contributed by atoms with Gasteiger partial charge in [-0.2, -0.15) is 0 Å². The summed E-state index contributed by atoms with van der Waals surface area (Å²) in [4.78, 5) is 11.5. The molecule has 0 fully saturated rings. The lowest BCUT2D eigenvalue weighted by molar-refractivity contribution is -0.114. The molecule has 0 rings (SSSR count). The van der Waals surface area contributed by atoms with Gasteiger partial charge in [-0.05, 0) is 25.3 Å². The fourth-order valence-electron chi connectivity index (χ4n) is 1.66. The molecule has 0 aromatic heterocycles. The molecule has 0 saturated carbocycles. The van der Waals surface area contributed by atoms with E-state index in [4.69, 9.17) is 0 Å². The molecule has 0 amide bonds. The minimum Gasteiger partial charge on any atom is -0.295 e. The van der Waals surface area contributed by atoms with Gasteiger partial charge in [-0.15, -0.1) is 0 Å². The Balaban J connectivity index is 3.60. The summed E-state index contributed by atoms with van der Waals surface area (Å²) < 4.78 is 0. The van der Waals surface area contributed by atoms with Gasteiger partial charge in [0.15, 0.2) is 5.78 Å². The zero-order valence-corrected chi connectivity index (χ0v) is 10.6. The lowest BCUT2D eigenvalue weighted by Gasteiger charge is -2.00. The van der Waals surface area contributed by atoms with Gasteiger partial charge >= 0.3 is 0 Å². The molecule has 15 heavy (non-hydrogen) atoms. The molecule has 0 N–H and O–H groups in total. The highest BCUT2D eigenvalue weighted by atomic mass is 16.1. The summed E-state index contributed by atoms with van der Waals surface area (Å²) in [5.41, 5.74) is 1.29. The van der Waals surface area contributed by atoms with Crippen LogP contribution in [0.5, 0.6) is 0 Å². The lowest BCUT2D eigenvalue weighted by Crippen LogP contribution is -1.95. The van der Waals surface area contributed by atoms with Crippen LogP contribution in [0.2, 0.25) is 0 Å². The smallest absolute Gasteiger partial charge is 0.155 e. The van der Waals surface area contributed by atoms with Crippen LogP contribution < -0.4 is 0 Å². The maximum absolute atomic E-state index is 11.5. The molecule has 0 aromatic rings. The number of unbranched alkanes of at least 4 members (excludes halogenated alkanes) is 4. The monoisotopic (exact) mass is 210 g/mol. The first-order valence-electron chi connectivity index (χ1n) is 6.46. The minimum absolute atomic E-state index is 0.324. The third-order valence-corrected chi connectivity index (χ3v) is 2.80. The number of hydrogen-bond acceptors (Lipinski definition) is 1. The Kier molecular flexibility index (Phi) is 9.55. The van der Waals surface area contributed by atoms with E-state index in [0.29, 0.717) is 5.78 Å². The number of hydrogen-bond donors (Lipinski definition) is 0. The molecule has 0 saturated heterocycles. The number of carbonyl (C=O) groups is 1. The van der Waals surface area contributed by atoms with Crippen molar-refractivity contribution in [3.05, 3.63) is 11.6 Å². The van der Waals surface area contributed by atoms with Crippen molar-refractivity contribution in [1.29, 1.82) is 0 Å². The first-order valence-corrected chi connectivity index (χ1v) is 6.46. The molecule has 0 atom stereocenters. The standard InChI is InChI=1S/C14H26O/c1-4-7-8-9-10-11-14(15)12-13(5-2)6-3/h12H,4-11H2,1-3H3. The Bertz CT molecular complexity index is 186. The maximum atomic E-state index is 11.5. The van der Waals surface area contributed by atoms with Gasteiger partial charge in [0.2, 0.25) is 0 Å². The van der Waals surface area contributed by atoms with E-state index in [1.165, 1.54) is 31.3 Å². The van der Waals surface area contributed by atoms with Crippen LogP contribution in [0.15, 0.2) is 11.6 Å². The first kappa shape index (κ1) is 14.4. The summed E-state index contributed by atoms with van der Waals surface area (Å²) in [7, 11) is 0. The number of carbonyl (C=O) groups excluding carboxylic acids is 1. The molecule has 0 unspecified atom stereocenters. The molecule has 88 valence electrons. The quantitative estimate of drug-likeness (QED) is 0.399. The lowest BCUT2D eigenvalue weighted by atomic mass is 10.0. The van der Waals surface area contributed by atoms with E-state index in [2.05, 4.69) is 20.8 Å². The highest BCUT2D eigenvalue weighted by molar-refractivity contribution is 5.90. The van der Waals surface area contributed by atoms with Crippen molar-refractivity contribution in [3.8, 4) is 0 Å². The maximum Gasteiger partial charge on any atom is 0.155 e. The minimum atomic E-state index is 0.324. The van der Waals surface area contributed by atoms with Crippen LogP contribution in [0.1, 0.15) is 72.1 Å². The SMILES string of the molecule is CCCCCCCC(=O)C=C(CC)CC. The van der Waals surface area contributed by atoms with Crippen LogP contribution in [0.3, 0.4) is 0 Å². The van der Waals surface area contributed by atoms with Gasteiger partial charge < -0.3 is 0 Å². The molecule has 0 aromatic carbocycles. The van der Waals surface area contributed by atoms with Crippen LogP contribution in [-0.4, -0.2) is 5.78 Å². The first-order chi connectivity index (χ1) is 7.24. The second-order valence-corrected chi connectivity index (χ2v) is 4.14. The molecule has 0 spiro atoms. The van der Waals surface area contributed by atoms with Gasteiger partial charge in [0, 0.05) is 6.42 Å². The second kappa shape index (κ2) is 9.95. The van der Waals surface area contributed by atoms with E-state index in [1.807, 2.05) is 6.08 Å². The van der Waals surface area contributed by atoms with Crippen LogP contribution in [0.4, 0.5) is 0 Å². The van der Waals surface area contributed by atoms with Crippen molar-refractivity contribution >= 4 is 5.78 Å². The second-order valence-electron chi connectivity index (χ2n) is 4.14. The Morgan fingerprint density at radius 1 is 0.933 bits per heavy atom. The summed E-state index contributed by atoms with van der Waals surface area (Å²) in [6, 6.07) is 0. The Hall–Kier alpha value is -0.590. The molecule has 1 nitrogen and oxygen atoms in total. The Labute approximate surface area is 95.0 Å². The number of allylic oxidation sites excluding steroid dienone is 2. The number of rotatable bonds is 9. The van der Waals surface area contributed by atoms with Crippen LogP contribution in [0, 0.1) is 0 Å². The fourth-order valence-corrected chi connectivity index (χ4v) is 1.66. The van der Waals surface area contributed by atoms with Crippen LogP contribution in [-0.2, 0) is 4.79 Å². The molecule has 0 aliphatic rings. The van der Waals surface area contributed by atoms with E-state index in [-0.39, 0.29) is 0 Å². The summed E-state index contributed by atoms with van der Waals surface area (Å²) in [5, 5.41) is 0. The zero-order valence-electron chi connectivity index (χ0n) is 10.6. The van der Waals surface area contributed by atoms with Crippen LogP contribution in [0.25, 0.3) is 0 Å². The fraction of sp³-hybridized carbons (Fsp3) is 0.786. The predicted octanol–water partition coefficient (Wildman–Crippen LogP) is 4.66. The average molecular weight is 210 g/mol. The number of ketones is 1. The Morgan fingerprint density at radius 3 is 2.07 bits per heavy atom. The van der Waals surface area contributed by atoms with Crippen molar-refractivity contribution in [2.75, 3.05) is 0 Å². The third kappa shape index (κ3) is 8.41. The summed E-state index contributed by atoms with van der Waals surface area (Å²) in [6.07, 6.45) is 10.8. The molecule has 0 heterocycles. The molecule has 0 aliphatic heterocycles. The Morgan fingerprint density at radius 2 is 1.53 bits per heavy atom. The zero-order chi connectivity index (χ0) is 11.5. The van der Waals surface area contributed by atoms with E-state index < -0.39 is 0 Å². The molecule has 0 bridgehead atoms. The summed E-state index contributed by atoms with van der Waals surface area (Å²) in [5.74, 6) is 0.324. The van der Waals surface area contributed by atoms with Crippen molar-refractivity contribution in [2.24, 2.45) is 0 Å². The van der Waals surface area contributed by atoms with E-state index >= 15 is 0 Å². The van der Waals surface area contributed by atoms with E-state index in [9.17, 15) is 4.79 Å². The van der Waals surface area contributed by atoms with Gasteiger partial charge in [-0.3, -0.25) is 4.79 Å². The topological polar surface area (TPSA) is 17.1 Å². The molecular weight excluding hydrogens is 184 g/mol. The molecule has 1 heteroatoms. The highest BCUT2D eigenvalue weighted by Crippen LogP contribution is 2.09. The van der Waals surface area contributed by atoms with Crippen LogP contribution >= 0.6 is 0 Å². The van der Waals surface area contributed by atoms with Gasteiger partial charge in [-0.25, -0.2) is 0 Å².